The fourth-order valence-corrected chi connectivity index (χ4v) is 6.25. The molecule has 0 unspecified atom stereocenters. The van der Waals surface area contributed by atoms with Gasteiger partial charge in [0.1, 0.15) is 18.1 Å². The molecule has 0 aromatic heterocycles. The highest BCUT2D eigenvalue weighted by atomic mass is 35.5. The Morgan fingerprint density at radius 2 is 1.66 bits per heavy atom. The van der Waals surface area contributed by atoms with Crippen LogP contribution in [-0.2, 0) is 14.4 Å². The Bertz CT molecular complexity index is 1140. The van der Waals surface area contributed by atoms with Crippen molar-refractivity contribution in [2.45, 2.75) is 62.6 Å². The van der Waals surface area contributed by atoms with Gasteiger partial charge in [-0.15, -0.1) is 0 Å². The predicted molar refractivity (Wildman–Crippen MR) is 147 cm³/mol. The van der Waals surface area contributed by atoms with Gasteiger partial charge in [-0.2, -0.15) is 0 Å². The summed E-state index contributed by atoms with van der Waals surface area (Å²) in [5, 5.41) is 3.73. The lowest BCUT2D eigenvalue weighted by Gasteiger charge is -2.43. The van der Waals surface area contributed by atoms with Crippen LogP contribution in [0.2, 0.25) is 5.02 Å². The Morgan fingerprint density at radius 1 is 1.00 bits per heavy atom. The molecular weight excluding hydrogens is 502 g/mol. The van der Waals surface area contributed by atoms with Crippen molar-refractivity contribution in [3.05, 3.63) is 65.2 Å². The summed E-state index contributed by atoms with van der Waals surface area (Å²) < 4.78 is 0. The van der Waals surface area contributed by atoms with E-state index in [4.69, 9.17) is 17.3 Å². The van der Waals surface area contributed by atoms with Gasteiger partial charge in [-0.05, 0) is 55.5 Å². The lowest BCUT2D eigenvalue weighted by molar-refractivity contribution is -0.140. The van der Waals surface area contributed by atoms with Gasteiger partial charge in [0.2, 0.25) is 11.8 Å². The molecule has 1 saturated carbocycles. The maximum absolute atomic E-state index is 13.9. The minimum absolute atomic E-state index is 0.0461. The topological polar surface area (TPSA) is 99.0 Å². The van der Waals surface area contributed by atoms with Crippen LogP contribution in [-0.4, -0.2) is 65.4 Å². The number of carbonyl (C=O) groups excluding carboxylic acids is 3. The van der Waals surface area contributed by atoms with Gasteiger partial charge >= 0.3 is 0 Å². The van der Waals surface area contributed by atoms with Crippen LogP contribution >= 0.6 is 11.6 Å². The van der Waals surface area contributed by atoms with E-state index in [1.54, 1.807) is 34.1 Å². The molecule has 2 aromatic carbocycles. The minimum Gasteiger partial charge on any atom is -0.352 e. The molecule has 9 heteroatoms. The molecule has 0 radical (unpaired) electrons. The first kappa shape index (κ1) is 26.5. The maximum atomic E-state index is 13.9. The highest BCUT2D eigenvalue weighted by molar-refractivity contribution is 6.30. The number of hydrogen-bond acceptors (Lipinski definition) is 5. The van der Waals surface area contributed by atoms with Gasteiger partial charge in [0.05, 0.1) is 6.67 Å². The average molecular weight is 538 g/mol. The van der Waals surface area contributed by atoms with E-state index in [1.807, 2.05) is 30.3 Å². The second-order valence-electron chi connectivity index (χ2n) is 10.7. The van der Waals surface area contributed by atoms with E-state index in [2.05, 4.69) is 10.2 Å². The number of benzene rings is 2. The number of halogens is 1. The highest BCUT2D eigenvalue weighted by Crippen LogP contribution is 2.39. The molecule has 3 aliphatic rings. The number of amides is 3. The third kappa shape index (κ3) is 5.38. The zero-order valence-electron chi connectivity index (χ0n) is 21.7. The lowest BCUT2D eigenvalue weighted by Crippen LogP contribution is -2.58. The maximum Gasteiger partial charge on any atom is 0.250 e. The van der Waals surface area contributed by atoms with Gasteiger partial charge < -0.3 is 25.8 Å². The molecule has 0 bridgehead atoms. The second-order valence-corrected chi connectivity index (χ2v) is 11.1. The summed E-state index contributed by atoms with van der Waals surface area (Å²) in [4.78, 5) is 45.6. The SMILES string of the molecule is N[C@H](C(=O)N1CCC2(CC1)C(=O)N(CC(=O)NC1CCCCC1)CN2c1ccccc1)c1ccc(Cl)cc1. The third-order valence-corrected chi connectivity index (χ3v) is 8.54. The van der Waals surface area contributed by atoms with Crippen LogP contribution < -0.4 is 16.0 Å². The van der Waals surface area contributed by atoms with Gasteiger partial charge in [-0.1, -0.05) is 61.2 Å². The van der Waals surface area contributed by atoms with Crippen LogP contribution in [0.15, 0.2) is 54.6 Å². The van der Waals surface area contributed by atoms with Gasteiger partial charge in [-0.3, -0.25) is 14.4 Å². The normalized spacial score (nSPS) is 20.6. The number of piperidine rings is 1. The molecule has 2 aromatic rings. The van der Waals surface area contributed by atoms with E-state index in [1.165, 1.54) is 6.42 Å². The molecule has 5 rings (SSSR count). The number of para-hydroxylation sites is 1. The molecule has 202 valence electrons. The van der Waals surface area contributed by atoms with Crippen molar-refractivity contribution in [3.63, 3.8) is 0 Å². The number of nitrogens with two attached hydrogens (primary N) is 1. The Hall–Kier alpha value is -3.10. The number of rotatable bonds is 6. The molecule has 1 atom stereocenters. The molecule has 1 spiro atoms. The van der Waals surface area contributed by atoms with E-state index < -0.39 is 11.6 Å². The number of anilines is 1. The van der Waals surface area contributed by atoms with Crippen LogP contribution in [0.5, 0.6) is 0 Å². The minimum atomic E-state index is -0.798. The molecule has 1 aliphatic carbocycles. The van der Waals surface area contributed by atoms with E-state index in [0.717, 1.165) is 31.4 Å². The smallest absolute Gasteiger partial charge is 0.250 e. The summed E-state index contributed by atoms with van der Waals surface area (Å²) >= 11 is 5.98. The van der Waals surface area contributed by atoms with Crippen molar-refractivity contribution >= 4 is 35.0 Å². The molecule has 3 fully saturated rings. The summed E-state index contributed by atoms with van der Waals surface area (Å²) in [6.45, 7) is 1.22. The fraction of sp³-hybridized carbons (Fsp3) is 0.483. The summed E-state index contributed by atoms with van der Waals surface area (Å²) in [7, 11) is 0. The number of nitrogens with zero attached hydrogens (tertiary/aromatic N) is 3. The van der Waals surface area contributed by atoms with Crippen molar-refractivity contribution in [1.82, 2.24) is 15.1 Å². The number of hydrogen-bond donors (Lipinski definition) is 2. The Kier molecular flexibility index (Phi) is 7.91. The molecule has 3 N–H and O–H groups in total. The molecular formula is C29H36ClN5O3. The van der Waals surface area contributed by atoms with Crippen LogP contribution in [0.3, 0.4) is 0 Å². The quantitative estimate of drug-likeness (QED) is 0.588. The monoisotopic (exact) mass is 537 g/mol. The lowest BCUT2D eigenvalue weighted by atomic mass is 9.85. The van der Waals surface area contributed by atoms with Crippen LogP contribution in [0.1, 0.15) is 56.6 Å². The molecule has 38 heavy (non-hydrogen) atoms. The summed E-state index contributed by atoms with van der Waals surface area (Å²) in [5.74, 6) is -0.311. The predicted octanol–water partition coefficient (Wildman–Crippen LogP) is 3.46. The summed E-state index contributed by atoms with van der Waals surface area (Å²) in [6.07, 6.45) is 6.44. The standard InChI is InChI=1S/C29H36ClN5O3/c30-22-13-11-21(12-14-22)26(31)27(37)33-17-15-29(16-18-33)28(38)34(20-35(29)24-9-5-2-6-10-24)19-25(36)32-23-7-3-1-4-8-23/h2,5-6,9-14,23,26H,1,3-4,7-8,15-20,31H2,(H,32,36)/t26-/m0/s1. The second kappa shape index (κ2) is 11.3. The molecule has 3 amide bonds. The van der Waals surface area contributed by atoms with Gasteiger partial charge in [0.25, 0.3) is 5.91 Å². The van der Waals surface area contributed by atoms with Crippen LogP contribution in [0, 0.1) is 0 Å². The Labute approximate surface area is 229 Å². The molecule has 2 aliphatic heterocycles. The van der Waals surface area contributed by atoms with Gasteiger partial charge in [-0.25, -0.2) is 0 Å². The van der Waals surface area contributed by atoms with E-state index in [-0.39, 0.29) is 30.3 Å². The number of carbonyl (C=O) groups is 3. The average Bonchev–Trinajstić information content (AvgIpc) is 3.20. The van der Waals surface area contributed by atoms with E-state index in [9.17, 15) is 14.4 Å². The third-order valence-electron chi connectivity index (χ3n) is 8.28. The van der Waals surface area contributed by atoms with Crippen LogP contribution in [0.25, 0.3) is 0 Å². The Balaban J connectivity index is 1.29. The van der Waals surface area contributed by atoms with Crippen molar-refractivity contribution < 1.29 is 14.4 Å². The number of likely N-dealkylation sites (tertiary alicyclic amines) is 1. The molecule has 2 heterocycles. The van der Waals surface area contributed by atoms with Crippen molar-refractivity contribution in [2.75, 3.05) is 31.2 Å². The zero-order valence-corrected chi connectivity index (χ0v) is 22.4. The van der Waals surface area contributed by atoms with Gasteiger partial charge in [0.15, 0.2) is 0 Å². The number of nitrogens with one attached hydrogen (secondary N) is 1. The Morgan fingerprint density at radius 3 is 2.32 bits per heavy atom. The fourth-order valence-electron chi connectivity index (χ4n) is 6.12. The summed E-state index contributed by atoms with van der Waals surface area (Å²) in [5.41, 5.74) is 7.15. The first-order valence-electron chi connectivity index (χ1n) is 13.6. The largest absolute Gasteiger partial charge is 0.352 e. The zero-order chi connectivity index (χ0) is 26.7. The van der Waals surface area contributed by atoms with Crippen molar-refractivity contribution in [3.8, 4) is 0 Å². The molecule has 2 saturated heterocycles. The van der Waals surface area contributed by atoms with Crippen LogP contribution in [0.4, 0.5) is 5.69 Å². The molecule has 8 nitrogen and oxygen atoms in total. The van der Waals surface area contributed by atoms with E-state index >= 15 is 0 Å². The van der Waals surface area contributed by atoms with Crippen molar-refractivity contribution in [2.24, 2.45) is 5.73 Å². The van der Waals surface area contributed by atoms with E-state index in [0.29, 0.717) is 43.2 Å². The van der Waals surface area contributed by atoms with Crippen molar-refractivity contribution in [1.29, 1.82) is 0 Å². The first-order valence-corrected chi connectivity index (χ1v) is 14.0. The summed E-state index contributed by atoms with van der Waals surface area (Å²) in [6, 6.07) is 16.2. The first-order chi connectivity index (χ1) is 18.4. The highest BCUT2D eigenvalue weighted by Gasteiger charge is 2.54. The van der Waals surface area contributed by atoms with Gasteiger partial charge in [0, 0.05) is 29.8 Å².